The minimum atomic E-state index is 0.195. The number of hydrogen-bond acceptors (Lipinski definition) is 1. The average molecular weight is 304 g/mol. The summed E-state index contributed by atoms with van der Waals surface area (Å²) in [5.41, 5.74) is 2.69. The zero-order valence-corrected chi connectivity index (χ0v) is 14.9. The molecule has 0 spiro atoms. The molecule has 21 heavy (non-hydrogen) atoms. The first kappa shape index (κ1) is 16.5. The van der Waals surface area contributed by atoms with Crippen molar-refractivity contribution in [2.24, 2.45) is 11.8 Å². The molecule has 0 unspecified atom stereocenters. The topological polar surface area (TPSA) is 12.0 Å². The quantitative estimate of drug-likeness (QED) is 0.765. The van der Waals surface area contributed by atoms with Gasteiger partial charge in [0.15, 0.2) is 0 Å². The highest BCUT2D eigenvalue weighted by Crippen LogP contribution is 2.30. The largest absolute Gasteiger partial charge is 0.373 e. The maximum atomic E-state index is 5.62. The van der Waals surface area contributed by atoms with Crippen molar-refractivity contribution >= 4 is 17.2 Å². The second-order valence-electron chi connectivity index (χ2n) is 7.67. The highest BCUT2D eigenvalue weighted by atomic mass is 32.1. The Labute approximate surface area is 135 Å². The Morgan fingerprint density at radius 1 is 1.10 bits per heavy atom. The summed E-state index contributed by atoms with van der Waals surface area (Å²) in [7, 11) is 0. The van der Waals surface area contributed by atoms with E-state index in [9.17, 15) is 0 Å². The Morgan fingerprint density at radius 2 is 1.71 bits per heavy atom. The van der Waals surface area contributed by atoms with Crippen LogP contribution >= 0.6 is 12.2 Å². The summed E-state index contributed by atoms with van der Waals surface area (Å²) >= 11 is 5.62. The second-order valence-corrected chi connectivity index (χ2v) is 8.08. The van der Waals surface area contributed by atoms with E-state index in [1.165, 1.54) is 24.8 Å². The Morgan fingerprint density at radius 3 is 2.29 bits per heavy atom. The molecule has 2 heteroatoms. The summed E-state index contributed by atoms with van der Waals surface area (Å²) in [6, 6.07) is 9.26. The number of hydrogen-bond donors (Lipinski definition) is 1. The van der Waals surface area contributed by atoms with E-state index >= 15 is 0 Å². The molecule has 1 aliphatic rings. The molecular weight excluding hydrogens is 274 g/mol. The van der Waals surface area contributed by atoms with E-state index in [0.29, 0.717) is 12.0 Å². The van der Waals surface area contributed by atoms with E-state index in [1.807, 2.05) is 0 Å². The van der Waals surface area contributed by atoms with Crippen LogP contribution in [0.5, 0.6) is 0 Å². The molecule has 1 nitrogen and oxygen atoms in total. The fourth-order valence-electron chi connectivity index (χ4n) is 3.16. The zero-order chi connectivity index (χ0) is 15.6. The van der Waals surface area contributed by atoms with Crippen molar-refractivity contribution in [3.63, 3.8) is 0 Å². The van der Waals surface area contributed by atoms with Gasteiger partial charge in [0.25, 0.3) is 0 Å². The van der Waals surface area contributed by atoms with Gasteiger partial charge in [-0.2, -0.15) is 0 Å². The summed E-state index contributed by atoms with van der Waals surface area (Å²) in [6.07, 6.45) is 3.91. The number of nitrogens with one attached hydrogen (secondary N) is 1. The second kappa shape index (κ2) is 6.48. The molecule has 1 fully saturated rings. The number of thiocarbonyl (C=S) groups is 1. The monoisotopic (exact) mass is 303 g/mol. The predicted octanol–water partition coefficient (Wildman–Crippen LogP) is 5.07. The molecule has 0 aliphatic heterocycles. The standard InChI is InChI=1S/C19H29NS/c1-13-7-6-8-17(14(13)2)20-18(21)15-9-11-16(12-10-15)19(3,4)5/h9-14,17H,6-8H2,1-5H3,(H,20,21)/t13-,14-,17+/m0/s1. The molecule has 1 aromatic carbocycles. The summed E-state index contributed by atoms with van der Waals surface area (Å²) in [5.74, 6) is 1.49. The van der Waals surface area contributed by atoms with E-state index < -0.39 is 0 Å². The Kier molecular flexibility index (Phi) is 5.08. The molecule has 0 saturated heterocycles. The van der Waals surface area contributed by atoms with Gasteiger partial charge in [0.1, 0.15) is 4.99 Å². The maximum absolute atomic E-state index is 5.62. The third-order valence-electron chi connectivity index (χ3n) is 5.04. The van der Waals surface area contributed by atoms with Crippen molar-refractivity contribution in [2.75, 3.05) is 0 Å². The lowest BCUT2D eigenvalue weighted by molar-refractivity contribution is 0.225. The zero-order valence-electron chi connectivity index (χ0n) is 14.1. The Hall–Kier alpha value is -0.890. The van der Waals surface area contributed by atoms with E-state index in [1.54, 1.807) is 0 Å². The van der Waals surface area contributed by atoms with Crippen LogP contribution < -0.4 is 5.32 Å². The summed E-state index contributed by atoms with van der Waals surface area (Å²) in [6.45, 7) is 11.4. The highest BCUT2D eigenvalue weighted by Gasteiger charge is 2.27. The van der Waals surface area contributed by atoms with Gasteiger partial charge in [-0.05, 0) is 29.2 Å². The van der Waals surface area contributed by atoms with Gasteiger partial charge in [-0.1, -0.05) is 83.9 Å². The fraction of sp³-hybridized carbons (Fsp3) is 0.632. The Balaban J connectivity index is 2.03. The molecule has 0 bridgehead atoms. The third-order valence-corrected chi connectivity index (χ3v) is 5.39. The van der Waals surface area contributed by atoms with Crippen LogP contribution in [-0.2, 0) is 5.41 Å². The molecule has 0 heterocycles. The summed E-state index contributed by atoms with van der Waals surface area (Å²) in [4.78, 5) is 0.904. The summed E-state index contributed by atoms with van der Waals surface area (Å²) in [5, 5.41) is 3.60. The van der Waals surface area contributed by atoms with E-state index in [2.05, 4.69) is 64.2 Å². The molecule has 0 aromatic heterocycles. The van der Waals surface area contributed by atoms with Gasteiger partial charge in [-0.15, -0.1) is 0 Å². The molecule has 0 amide bonds. The van der Waals surface area contributed by atoms with E-state index in [0.717, 1.165) is 16.5 Å². The van der Waals surface area contributed by atoms with Gasteiger partial charge in [-0.25, -0.2) is 0 Å². The normalized spacial score (nSPS) is 26.4. The molecule has 1 aliphatic carbocycles. The van der Waals surface area contributed by atoms with Gasteiger partial charge in [0.05, 0.1) is 0 Å². The fourth-order valence-corrected chi connectivity index (χ4v) is 3.45. The van der Waals surface area contributed by atoms with Crippen molar-refractivity contribution in [3.8, 4) is 0 Å². The van der Waals surface area contributed by atoms with Crippen LogP contribution in [0.2, 0.25) is 0 Å². The van der Waals surface area contributed by atoms with Crippen LogP contribution in [0.1, 0.15) is 65.0 Å². The predicted molar refractivity (Wildman–Crippen MR) is 95.9 cm³/mol. The van der Waals surface area contributed by atoms with Crippen molar-refractivity contribution in [1.82, 2.24) is 5.32 Å². The summed E-state index contributed by atoms with van der Waals surface area (Å²) < 4.78 is 0. The van der Waals surface area contributed by atoms with Crippen molar-refractivity contribution in [2.45, 2.75) is 65.3 Å². The maximum Gasteiger partial charge on any atom is 0.106 e. The molecular formula is C19H29NS. The average Bonchev–Trinajstić information content (AvgIpc) is 2.43. The first-order valence-electron chi connectivity index (χ1n) is 8.20. The van der Waals surface area contributed by atoms with Crippen LogP contribution in [0.25, 0.3) is 0 Å². The molecule has 1 aromatic rings. The van der Waals surface area contributed by atoms with Crippen LogP contribution in [0.15, 0.2) is 24.3 Å². The molecule has 116 valence electrons. The number of benzene rings is 1. The van der Waals surface area contributed by atoms with Crippen LogP contribution in [0, 0.1) is 11.8 Å². The van der Waals surface area contributed by atoms with Crippen molar-refractivity contribution in [1.29, 1.82) is 0 Å². The van der Waals surface area contributed by atoms with Gasteiger partial charge < -0.3 is 5.32 Å². The van der Waals surface area contributed by atoms with E-state index in [4.69, 9.17) is 12.2 Å². The third kappa shape index (κ3) is 4.06. The van der Waals surface area contributed by atoms with Gasteiger partial charge >= 0.3 is 0 Å². The van der Waals surface area contributed by atoms with Crippen molar-refractivity contribution in [3.05, 3.63) is 35.4 Å². The SMILES string of the molecule is C[C@H]1[C@@H](C)CCC[C@H]1NC(=S)c1ccc(C(C)(C)C)cc1. The van der Waals surface area contributed by atoms with E-state index in [-0.39, 0.29) is 5.41 Å². The highest BCUT2D eigenvalue weighted by molar-refractivity contribution is 7.80. The van der Waals surface area contributed by atoms with Crippen LogP contribution in [0.4, 0.5) is 0 Å². The van der Waals surface area contributed by atoms with Gasteiger partial charge in [0.2, 0.25) is 0 Å². The lowest BCUT2D eigenvalue weighted by Gasteiger charge is -2.35. The van der Waals surface area contributed by atoms with Gasteiger partial charge in [-0.3, -0.25) is 0 Å². The van der Waals surface area contributed by atoms with Gasteiger partial charge in [0, 0.05) is 11.6 Å². The lowest BCUT2D eigenvalue weighted by Crippen LogP contribution is -2.43. The Bertz CT molecular complexity index is 483. The smallest absolute Gasteiger partial charge is 0.106 e. The molecule has 1 saturated carbocycles. The minimum absolute atomic E-state index is 0.195. The molecule has 1 N–H and O–H groups in total. The lowest BCUT2D eigenvalue weighted by atomic mass is 9.78. The first-order chi connectivity index (χ1) is 9.79. The molecule has 2 rings (SSSR count). The van der Waals surface area contributed by atoms with Crippen LogP contribution in [0.3, 0.4) is 0 Å². The molecule has 3 atom stereocenters. The van der Waals surface area contributed by atoms with Crippen LogP contribution in [-0.4, -0.2) is 11.0 Å². The number of rotatable bonds is 2. The minimum Gasteiger partial charge on any atom is -0.373 e. The molecule has 0 radical (unpaired) electrons. The first-order valence-corrected chi connectivity index (χ1v) is 8.61. The van der Waals surface area contributed by atoms with Crippen molar-refractivity contribution < 1.29 is 0 Å².